The van der Waals surface area contributed by atoms with Crippen molar-refractivity contribution >= 4 is 5.97 Å². The van der Waals surface area contributed by atoms with Crippen LogP contribution in [0.1, 0.15) is 31.6 Å². The van der Waals surface area contributed by atoms with Crippen LogP contribution in [0.3, 0.4) is 0 Å². The summed E-state index contributed by atoms with van der Waals surface area (Å²) < 4.78 is 5.25. The van der Waals surface area contributed by atoms with Crippen molar-refractivity contribution in [3.8, 4) is 11.5 Å². The Balaban J connectivity index is 1.88. The van der Waals surface area contributed by atoms with Gasteiger partial charge in [0.15, 0.2) is 0 Å². The lowest BCUT2D eigenvalue weighted by atomic mass is 9.96. The number of aromatic nitrogens is 4. The molecule has 1 fully saturated rings. The summed E-state index contributed by atoms with van der Waals surface area (Å²) in [6.07, 6.45) is 4.40. The molecular formula is C13H14N4O3. The minimum atomic E-state index is -0.805. The summed E-state index contributed by atoms with van der Waals surface area (Å²) in [7, 11) is 0. The van der Waals surface area contributed by atoms with E-state index < -0.39 is 11.9 Å². The molecule has 0 amide bonds. The molecule has 1 N–H and O–H groups in total. The third kappa shape index (κ3) is 2.26. The van der Waals surface area contributed by atoms with Crippen molar-refractivity contribution in [2.45, 2.75) is 25.7 Å². The zero-order chi connectivity index (χ0) is 14.1. The van der Waals surface area contributed by atoms with Crippen molar-refractivity contribution in [3.05, 3.63) is 24.5 Å². The van der Waals surface area contributed by atoms with E-state index in [0.717, 1.165) is 6.42 Å². The summed E-state index contributed by atoms with van der Waals surface area (Å²) in [5.74, 6) is -0.382. The van der Waals surface area contributed by atoms with Gasteiger partial charge in [-0.2, -0.15) is 4.98 Å². The molecule has 7 heteroatoms. The van der Waals surface area contributed by atoms with Crippen molar-refractivity contribution in [2.75, 3.05) is 0 Å². The van der Waals surface area contributed by atoms with Gasteiger partial charge in [0, 0.05) is 6.20 Å². The number of hydrogen-bond acceptors (Lipinski definition) is 6. The molecule has 3 rings (SSSR count). The molecule has 2 aromatic heterocycles. The van der Waals surface area contributed by atoms with Crippen molar-refractivity contribution in [1.29, 1.82) is 0 Å². The van der Waals surface area contributed by atoms with Crippen LogP contribution in [0.15, 0.2) is 23.1 Å². The van der Waals surface area contributed by atoms with E-state index in [1.165, 1.54) is 6.33 Å². The first-order valence-corrected chi connectivity index (χ1v) is 6.48. The van der Waals surface area contributed by atoms with Crippen LogP contribution in [0, 0.1) is 11.8 Å². The second kappa shape index (κ2) is 4.99. The summed E-state index contributed by atoms with van der Waals surface area (Å²) in [5, 5.41) is 13.2. The molecule has 0 radical (unpaired) electrons. The quantitative estimate of drug-likeness (QED) is 0.909. The molecule has 2 aromatic rings. The van der Waals surface area contributed by atoms with Crippen LogP contribution in [0.5, 0.6) is 0 Å². The molecular weight excluding hydrogens is 260 g/mol. The SMILES string of the molecule is CC1CC(C(=O)O)C(c2nc(-c3ccncn3)no2)C1. The Morgan fingerprint density at radius 3 is 3.00 bits per heavy atom. The average molecular weight is 274 g/mol. The molecule has 0 spiro atoms. The Morgan fingerprint density at radius 2 is 2.30 bits per heavy atom. The summed E-state index contributed by atoms with van der Waals surface area (Å²) >= 11 is 0. The van der Waals surface area contributed by atoms with Gasteiger partial charge in [-0.05, 0) is 24.8 Å². The van der Waals surface area contributed by atoms with Gasteiger partial charge < -0.3 is 9.63 Å². The van der Waals surface area contributed by atoms with Crippen LogP contribution in [0.25, 0.3) is 11.5 Å². The highest BCUT2D eigenvalue weighted by Crippen LogP contribution is 2.42. The number of carboxylic acid groups (broad SMARTS) is 1. The van der Waals surface area contributed by atoms with Crippen LogP contribution >= 0.6 is 0 Å². The fourth-order valence-electron chi connectivity index (χ4n) is 2.75. The van der Waals surface area contributed by atoms with E-state index in [0.29, 0.717) is 29.7 Å². The van der Waals surface area contributed by atoms with Gasteiger partial charge >= 0.3 is 5.97 Å². The van der Waals surface area contributed by atoms with Crippen LogP contribution in [0.2, 0.25) is 0 Å². The van der Waals surface area contributed by atoms with Gasteiger partial charge in [-0.25, -0.2) is 9.97 Å². The van der Waals surface area contributed by atoms with Gasteiger partial charge in [0.25, 0.3) is 0 Å². The second-order valence-corrected chi connectivity index (χ2v) is 5.18. The zero-order valence-corrected chi connectivity index (χ0v) is 10.9. The Labute approximate surface area is 115 Å². The number of nitrogens with zero attached hydrogens (tertiary/aromatic N) is 4. The monoisotopic (exact) mass is 274 g/mol. The van der Waals surface area contributed by atoms with E-state index in [1.54, 1.807) is 12.3 Å². The summed E-state index contributed by atoms with van der Waals surface area (Å²) in [6, 6.07) is 1.68. The maximum absolute atomic E-state index is 11.3. The number of carbonyl (C=O) groups is 1. The fourth-order valence-corrected chi connectivity index (χ4v) is 2.75. The highest BCUT2D eigenvalue weighted by molar-refractivity contribution is 5.71. The first-order chi connectivity index (χ1) is 9.65. The molecule has 3 unspecified atom stereocenters. The molecule has 1 saturated carbocycles. The molecule has 0 aromatic carbocycles. The van der Waals surface area contributed by atoms with E-state index in [1.807, 2.05) is 6.92 Å². The van der Waals surface area contributed by atoms with Gasteiger partial charge in [-0.1, -0.05) is 12.1 Å². The average Bonchev–Trinajstić information content (AvgIpc) is 3.06. The predicted molar refractivity (Wildman–Crippen MR) is 67.6 cm³/mol. The zero-order valence-electron chi connectivity index (χ0n) is 10.9. The first-order valence-electron chi connectivity index (χ1n) is 6.48. The molecule has 20 heavy (non-hydrogen) atoms. The second-order valence-electron chi connectivity index (χ2n) is 5.18. The standard InChI is InChI=1S/C13H14N4O3/c1-7-4-8(9(5-7)13(18)19)12-16-11(17-20-12)10-2-3-14-6-15-10/h2-3,6-9H,4-5H2,1H3,(H,18,19). The molecule has 7 nitrogen and oxygen atoms in total. The third-order valence-corrected chi connectivity index (χ3v) is 3.69. The molecule has 1 aliphatic rings. The Morgan fingerprint density at radius 1 is 1.45 bits per heavy atom. The van der Waals surface area contributed by atoms with Crippen molar-refractivity contribution in [3.63, 3.8) is 0 Å². The number of carboxylic acids is 1. The van der Waals surface area contributed by atoms with E-state index >= 15 is 0 Å². The van der Waals surface area contributed by atoms with Crippen molar-refractivity contribution in [2.24, 2.45) is 11.8 Å². The van der Waals surface area contributed by atoms with E-state index in [-0.39, 0.29) is 5.92 Å². The maximum atomic E-state index is 11.3. The maximum Gasteiger partial charge on any atom is 0.307 e. The number of rotatable bonds is 3. The predicted octanol–water partition coefficient (Wildman–Crippen LogP) is 1.74. The highest BCUT2D eigenvalue weighted by Gasteiger charge is 2.41. The molecule has 0 aliphatic heterocycles. The Bertz CT molecular complexity index is 613. The van der Waals surface area contributed by atoms with Gasteiger partial charge in [0.1, 0.15) is 12.0 Å². The lowest BCUT2D eigenvalue weighted by Crippen LogP contribution is -2.17. The number of aliphatic carboxylic acids is 1. The van der Waals surface area contributed by atoms with Crippen LogP contribution in [0.4, 0.5) is 0 Å². The molecule has 3 atom stereocenters. The van der Waals surface area contributed by atoms with Gasteiger partial charge in [-0.15, -0.1) is 0 Å². The molecule has 0 saturated heterocycles. The molecule has 0 bridgehead atoms. The first kappa shape index (κ1) is 12.7. The van der Waals surface area contributed by atoms with Crippen LogP contribution < -0.4 is 0 Å². The van der Waals surface area contributed by atoms with Crippen molar-refractivity contribution in [1.82, 2.24) is 20.1 Å². The van der Waals surface area contributed by atoms with Gasteiger partial charge in [-0.3, -0.25) is 4.79 Å². The summed E-state index contributed by atoms with van der Waals surface area (Å²) in [5.41, 5.74) is 0.563. The normalized spacial score (nSPS) is 25.8. The minimum absolute atomic E-state index is 0.217. The topological polar surface area (TPSA) is 102 Å². The lowest BCUT2D eigenvalue weighted by molar-refractivity contribution is -0.142. The summed E-state index contributed by atoms with van der Waals surface area (Å²) in [4.78, 5) is 23.5. The van der Waals surface area contributed by atoms with E-state index in [9.17, 15) is 9.90 Å². The minimum Gasteiger partial charge on any atom is -0.481 e. The van der Waals surface area contributed by atoms with E-state index in [2.05, 4.69) is 20.1 Å². The van der Waals surface area contributed by atoms with Crippen molar-refractivity contribution < 1.29 is 14.4 Å². The molecule has 1 aliphatic carbocycles. The smallest absolute Gasteiger partial charge is 0.307 e. The number of hydrogen-bond donors (Lipinski definition) is 1. The largest absolute Gasteiger partial charge is 0.481 e. The summed E-state index contributed by atoms with van der Waals surface area (Å²) in [6.45, 7) is 2.04. The van der Waals surface area contributed by atoms with E-state index in [4.69, 9.17) is 4.52 Å². The highest BCUT2D eigenvalue weighted by atomic mass is 16.5. The molecule has 104 valence electrons. The molecule has 2 heterocycles. The van der Waals surface area contributed by atoms with Crippen LogP contribution in [-0.2, 0) is 4.79 Å². The Kier molecular flexibility index (Phi) is 3.17. The van der Waals surface area contributed by atoms with Gasteiger partial charge in [0.05, 0.1) is 11.8 Å². The third-order valence-electron chi connectivity index (χ3n) is 3.69. The lowest BCUT2D eigenvalue weighted by Gasteiger charge is -2.09. The van der Waals surface area contributed by atoms with Gasteiger partial charge in [0.2, 0.25) is 11.7 Å². The fraction of sp³-hybridized carbons (Fsp3) is 0.462. The van der Waals surface area contributed by atoms with Crippen LogP contribution in [-0.4, -0.2) is 31.2 Å². The Hall–Kier alpha value is -2.31.